The Morgan fingerprint density at radius 3 is 3.13 bits per heavy atom. The van der Waals surface area contributed by atoms with Crippen LogP contribution in [0.1, 0.15) is 18.1 Å². The predicted molar refractivity (Wildman–Crippen MR) is 58.8 cm³/mol. The first-order valence-corrected chi connectivity index (χ1v) is 5.30. The fourth-order valence-corrected chi connectivity index (χ4v) is 2.06. The van der Waals surface area contributed by atoms with Gasteiger partial charge in [-0.05, 0) is 30.7 Å². The van der Waals surface area contributed by atoms with E-state index in [4.69, 9.17) is 15.2 Å². The number of ether oxygens (including phenoxy) is 2. The van der Waals surface area contributed by atoms with E-state index < -0.39 is 0 Å². The molecular weight excluding hydrogens is 190 g/mol. The van der Waals surface area contributed by atoms with Crippen LogP contribution in [0.2, 0.25) is 0 Å². The van der Waals surface area contributed by atoms with E-state index in [9.17, 15) is 0 Å². The van der Waals surface area contributed by atoms with Gasteiger partial charge in [0.05, 0.1) is 13.2 Å². The number of rotatable bonds is 3. The van der Waals surface area contributed by atoms with Crippen molar-refractivity contribution in [1.82, 2.24) is 0 Å². The molecule has 2 unspecified atom stereocenters. The normalized spacial score (nSPS) is 25.5. The Morgan fingerprint density at radius 2 is 2.40 bits per heavy atom. The van der Waals surface area contributed by atoms with Crippen LogP contribution in [0.5, 0.6) is 5.75 Å². The van der Waals surface area contributed by atoms with E-state index in [-0.39, 0.29) is 6.10 Å². The van der Waals surface area contributed by atoms with E-state index >= 15 is 0 Å². The molecule has 1 heterocycles. The van der Waals surface area contributed by atoms with Gasteiger partial charge in [-0.2, -0.15) is 0 Å². The van der Waals surface area contributed by atoms with Crippen LogP contribution in [0.25, 0.3) is 0 Å². The SMILES string of the molecule is COc1cccc(C2OCCC2CN)c1. The van der Waals surface area contributed by atoms with Crippen molar-refractivity contribution in [2.24, 2.45) is 11.7 Å². The second-order valence-corrected chi connectivity index (χ2v) is 3.85. The van der Waals surface area contributed by atoms with E-state index in [2.05, 4.69) is 6.07 Å². The average Bonchev–Trinajstić information content (AvgIpc) is 2.77. The van der Waals surface area contributed by atoms with Crippen LogP contribution >= 0.6 is 0 Å². The minimum atomic E-state index is 0.144. The van der Waals surface area contributed by atoms with Gasteiger partial charge in [0.1, 0.15) is 5.75 Å². The molecule has 1 fully saturated rings. The second kappa shape index (κ2) is 4.64. The van der Waals surface area contributed by atoms with Crippen LogP contribution in [0, 0.1) is 5.92 Å². The van der Waals surface area contributed by atoms with Gasteiger partial charge in [0, 0.05) is 12.5 Å². The van der Waals surface area contributed by atoms with Crippen molar-refractivity contribution in [3.05, 3.63) is 29.8 Å². The predicted octanol–water partition coefficient (Wildman–Crippen LogP) is 1.73. The summed E-state index contributed by atoms with van der Waals surface area (Å²) in [6.45, 7) is 1.49. The van der Waals surface area contributed by atoms with Crippen LogP contribution in [-0.4, -0.2) is 20.3 Å². The Bertz CT molecular complexity index is 327. The summed E-state index contributed by atoms with van der Waals surface area (Å²) in [7, 11) is 1.68. The van der Waals surface area contributed by atoms with Gasteiger partial charge < -0.3 is 15.2 Å². The summed E-state index contributed by atoms with van der Waals surface area (Å²) in [6.07, 6.45) is 1.20. The zero-order valence-electron chi connectivity index (χ0n) is 8.98. The molecule has 3 nitrogen and oxygen atoms in total. The van der Waals surface area contributed by atoms with Gasteiger partial charge in [0.25, 0.3) is 0 Å². The largest absolute Gasteiger partial charge is 0.497 e. The zero-order chi connectivity index (χ0) is 10.7. The van der Waals surface area contributed by atoms with Gasteiger partial charge in [-0.25, -0.2) is 0 Å². The molecule has 2 N–H and O–H groups in total. The third-order valence-electron chi connectivity index (χ3n) is 2.94. The maximum atomic E-state index is 5.72. The molecule has 15 heavy (non-hydrogen) atoms. The molecule has 0 spiro atoms. The molecule has 2 atom stereocenters. The number of methoxy groups -OCH3 is 1. The number of hydrogen-bond donors (Lipinski definition) is 1. The molecule has 0 radical (unpaired) electrons. The van der Waals surface area contributed by atoms with Crippen molar-refractivity contribution in [3.63, 3.8) is 0 Å². The smallest absolute Gasteiger partial charge is 0.119 e. The first-order valence-electron chi connectivity index (χ1n) is 5.30. The Hall–Kier alpha value is -1.06. The van der Waals surface area contributed by atoms with Crippen LogP contribution in [0.3, 0.4) is 0 Å². The third kappa shape index (κ3) is 2.13. The van der Waals surface area contributed by atoms with Crippen LogP contribution in [0.15, 0.2) is 24.3 Å². The number of benzene rings is 1. The van der Waals surface area contributed by atoms with Crippen molar-refractivity contribution >= 4 is 0 Å². The summed E-state index contributed by atoms with van der Waals surface area (Å²) in [5.74, 6) is 1.32. The fraction of sp³-hybridized carbons (Fsp3) is 0.500. The minimum absolute atomic E-state index is 0.144. The molecule has 1 aliphatic heterocycles. The molecule has 0 aromatic heterocycles. The molecule has 0 bridgehead atoms. The highest BCUT2D eigenvalue weighted by Gasteiger charge is 2.28. The second-order valence-electron chi connectivity index (χ2n) is 3.85. The molecule has 2 rings (SSSR count). The van der Waals surface area contributed by atoms with Gasteiger partial charge in [-0.1, -0.05) is 12.1 Å². The maximum Gasteiger partial charge on any atom is 0.119 e. The Kier molecular flexibility index (Phi) is 3.23. The Labute approximate surface area is 90.2 Å². The van der Waals surface area contributed by atoms with E-state index in [1.807, 2.05) is 18.2 Å². The minimum Gasteiger partial charge on any atom is -0.497 e. The van der Waals surface area contributed by atoms with E-state index in [1.165, 1.54) is 5.56 Å². The molecule has 82 valence electrons. The average molecular weight is 207 g/mol. The summed E-state index contributed by atoms with van der Waals surface area (Å²) >= 11 is 0. The maximum absolute atomic E-state index is 5.72. The van der Waals surface area contributed by atoms with Crippen molar-refractivity contribution in [3.8, 4) is 5.75 Å². The molecule has 1 aliphatic rings. The van der Waals surface area contributed by atoms with Gasteiger partial charge >= 0.3 is 0 Å². The lowest BCUT2D eigenvalue weighted by molar-refractivity contribution is 0.0923. The van der Waals surface area contributed by atoms with Gasteiger partial charge in [-0.3, -0.25) is 0 Å². The van der Waals surface area contributed by atoms with Crippen LogP contribution in [-0.2, 0) is 4.74 Å². The monoisotopic (exact) mass is 207 g/mol. The van der Waals surface area contributed by atoms with Crippen LogP contribution in [0.4, 0.5) is 0 Å². The highest BCUT2D eigenvalue weighted by atomic mass is 16.5. The molecular formula is C12H17NO2. The summed E-state index contributed by atoms with van der Waals surface area (Å²) in [4.78, 5) is 0. The lowest BCUT2D eigenvalue weighted by Gasteiger charge is -2.17. The van der Waals surface area contributed by atoms with Crippen molar-refractivity contribution < 1.29 is 9.47 Å². The highest BCUT2D eigenvalue weighted by Crippen LogP contribution is 2.34. The van der Waals surface area contributed by atoms with Crippen molar-refractivity contribution in [1.29, 1.82) is 0 Å². The van der Waals surface area contributed by atoms with Crippen molar-refractivity contribution in [2.45, 2.75) is 12.5 Å². The molecule has 1 aromatic carbocycles. The van der Waals surface area contributed by atoms with E-state index in [1.54, 1.807) is 7.11 Å². The van der Waals surface area contributed by atoms with Crippen LogP contribution < -0.4 is 10.5 Å². The molecule has 0 amide bonds. The number of nitrogens with two attached hydrogens (primary N) is 1. The highest BCUT2D eigenvalue weighted by molar-refractivity contribution is 5.30. The third-order valence-corrected chi connectivity index (χ3v) is 2.94. The lowest BCUT2D eigenvalue weighted by atomic mass is 9.95. The molecule has 3 heteroatoms. The standard InChI is InChI=1S/C12H17NO2/c1-14-11-4-2-3-9(7-11)12-10(8-13)5-6-15-12/h2-4,7,10,12H,5-6,8,13H2,1H3. The molecule has 1 saturated heterocycles. The van der Waals surface area contributed by atoms with E-state index in [0.717, 1.165) is 18.8 Å². The Morgan fingerprint density at radius 1 is 1.53 bits per heavy atom. The zero-order valence-corrected chi connectivity index (χ0v) is 8.98. The Balaban J connectivity index is 2.20. The lowest BCUT2D eigenvalue weighted by Crippen LogP contribution is -2.17. The molecule has 1 aromatic rings. The first-order chi connectivity index (χ1) is 7.35. The summed E-state index contributed by atoms with van der Waals surface area (Å²) in [6, 6.07) is 8.03. The molecule has 0 aliphatic carbocycles. The topological polar surface area (TPSA) is 44.5 Å². The van der Waals surface area contributed by atoms with Gasteiger partial charge in [0.15, 0.2) is 0 Å². The first kappa shape index (κ1) is 10.5. The van der Waals surface area contributed by atoms with E-state index in [0.29, 0.717) is 12.5 Å². The summed E-state index contributed by atoms with van der Waals surface area (Å²) in [5.41, 5.74) is 6.89. The van der Waals surface area contributed by atoms with Crippen molar-refractivity contribution in [2.75, 3.05) is 20.3 Å². The summed E-state index contributed by atoms with van der Waals surface area (Å²) < 4.78 is 10.9. The number of hydrogen-bond acceptors (Lipinski definition) is 3. The molecule has 0 saturated carbocycles. The quantitative estimate of drug-likeness (QED) is 0.821. The summed E-state index contributed by atoms with van der Waals surface area (Å²) in [5, 5.41) is 0. The van der Waals surface area contributed by atoms with Gasteiger partial charge in [0.2, 0.25) is 0 Å². The van der Waals surface area contributed by atoms with Gasteiger partial charge in [-0.15, -0.1) is 0 Å². The fourth-order valence-electron chi connectivity index (χ4n) is 2.06.